The summed E-state index contributed by atoms with van der Waals surface area (Å²) in [5, 5.41) is 8.18. The average molecular weight is 312 g/mol. The molecule has 106 valence electrons. The second-order valence-corrected chi connectivity index (χ2v) is 5.64. The van der Waals surface area contributed by atoms with Gasteiger partial charge >= 0.3 is 0 Å². The third-order valence-electron chi connectivity index (χ3n) is 3.56. The summed E-state index contributed by atoms with van der Waals surface area (Å²) in [6.07, 6.45) is 1.14. The number of anilines is 1. The molecular formula is C14H15Cl2N3O. The van der Waals surface area contributed by atoms with E-state index in [2.05, 4.69) is 15.6 Å². The number of aromatic amines is 1. The van der Waals surface area contributed by atoms with Crippen molar-refractivity contribution in [3.8, 4) is 0 Å². The molecule has 0 fully saturated rings. The van der Waals surface area contributed by atoms with Crippen molar-refractivity contribution in [2.45, 2.75) is 19.8 Å². The predicted molar refractivity (Wildman–Crippen MR) is 82.9 cm³/mol. The summed E-state index contributed by atoms with van der Waals surface area (Å²) >= 11 is 12.5. The minimum atomic E-state index is 0.0400. The second-order valence-electron chi connectivity index (χ2n) is 4.86. The van der Waals surface area contributed by atoms with Crippen LogP contribution in [0.5, 0.6) is 0 Å². The molecule has 2 aromatic rings. The number of nitrogens with one attached hydrogen (secondary N) is 3. The molecule has 6 heteroatoms. The van der Waals surface area contributed by atoms with Crippen molar-refractivity contribution < 1.29 is 4.79 Å². The van der Waals surface area contributed by atoms with E-state index in [-0.39, 0.29) is 5.91 Å². The molecule has 1 aromatic heterocycles. The van der Waals surface area contributed by atoms with Crippen molar-refractivity contribution >= 4 is 45.7 Å². The number of aromatic nitrogens is 1. The van der Waals surface area contributed by atoms with Gasteiger partial charge in [0, 0.05) is 36.3 Å². The van der Waals surface area contributed by atoms with E-state index in [1.807, 2.05) is 13.0 Å². The number of hydrogen-bond donors (Lipinski definition) is 3. The Hall–Kier alpha value is -1.39. The molecule has 0 saturated heterocycles. The first kappa shape index (κ1) is 13.6. The Bertz CT molecular complexity index is 694. The lowest BCUT2D eigenvalue weighted by molar-refractivity contribution is -0.120. The topological polar surface area (TPSA) is 56.9 Å². The van der Waals surface area contributed by atoms with Crippen LogP contribution in [0.25, 0.3) is 10.9 Å². The van der Waals surface area contributed by atoms with E-state index in [9.17, 15) is 4.79 Å². The first-order valence-corrected chi connectivity index (χ1v) is 7.39. The predicted octanol–water partition coefficient (Wildman–Crippen LogP) is 3.12. The number of hydrogen-bond acceptors (Lipinski definition) is 2. The zero-order chi connectivity index (χ0) is 14.3. The lowest BCUT2D eigenvalue weighted by Crippen LogP contribution is -2.24. The van der Waals surface area contributed by atoms with E-state index in [0.29, 0.717) is 23.0 Å². The molecule has 3 rings (SSSR count). The van der Waals surface area contributed by atoms with Gasteiger partial charge in [-0.15, -0.1) is 0 Å². The van der Waals surface area contributed by atoms with Crippen molar-refractivity contribution in [1.82, 2.24) is 10.3 Å². The van der Waals surface area contributed by atoms with Crippen molar-refractivity contribution in [3.05, 3.63) is 27.4 Å². The molecule has 4 nitrogen and oxygen atoms in total. The van der Waals surface area contributed by atoms with Crippen molar-refractivity contribution in [2.24, 2.45) is 0 Å². The Balaban J connectivity index is 2.31. The van der Waals surface area contributed by atoms with E-state index in [1.165, 1.54) is 0 Å². The van der Waals surface area contributed by atoms with E-state index in [0.717, 1.165) is 40.8 Å². The minimum Gasteiger partial charge on any atom is -0.385 e. The van der Waals surface area contributed by atoms with E-state index >= 15 is 0 Å². The number of benzene rings is 1. The first-order valence-electron chi connectivity index (χ1n) is 6.63. The van der Waals surface area contributed by atoms with Crippen LogP contribution in [0.15, 0.2) is 6.07 Å². The van der Waals surface area contributed by atoms with Gasteiger partial charge in [0.25, 0.3) is 0 Å². The smallest absolute Gasteiger partial charge is 0.224 e. The number of carbonyl (C=O) groups excluding carboxylic acids is 1. The van der Waals surface area contributed by atoms with Crippen LogP contribution in [-0.2, 0) is 17.6 Å². The summed E-state index contributed by atoms with van der Waals surface area (Å²) in [5.74, 6) is 0.0400. The molecule has 0 radical (unpaired) electrons. The van der Waals surface area contributed by atoms with E-state index in [4.69, 9.17) is 23.2 Å². The Morgan fingerprint density at radius 2 is 2.20 bits per heavy atom. The molecule has 0 unspecified atom stereocenters. The van der Waals surface area contributed by atoms with Crippen LogP contribution >= 0.6 is 23.2 Å². The van der Waals surface area contributed by atoms with Crippen LogP contribution < -0.4 is 10.6 Å². The highest BCUT2D eigenvalue weighted by Gasteiger charge is 2.22. The maximum Gasteiger partial charge on any atom is 0.224 e. The van der Waals surface area contributed by atoms with Gasteiger partial charge in [0.2, 0.25) is 5.91 Å². The number of carbonyl (C=O) groups is 1. The third-order valence-corrected chi connectivity index (χ3v) is 4.35. The Kier molecular flexibility index (Phi) is 3.52. The van der Waals surface area contributed by atoms with Crippen LogP contribution in [-0.4, -0.2) is 24.0 Å². The van der Waals surface area contributed by atoms with Gasteiger partial charge in [-0.25, -0.2) is 0 Å². The fourth-order valence-electron chi connectivity index (χ4n) is 2.72. The lowest BCUT2D eigenvalue weighted by atomic mass is 10.0. The van der Waals surface area contributed by atoms with Gasteiger partial charge < -0.3 is 15.6 Å². The summed E-state index contributed by atoms with van der Waals surface area (Å²) in [4.78, 5) is 15.1. The zero-order valence-corrected chi connectivity index (χ0v) is 12.6. The van der Waals surface area contributed by atoms with Gasteiger partial charge in [0.05, 0.1) is 22.0 Å². The highest BCUT2D eigenvalue weighted by Crippen LogP contribution is 2.39. The van der Waals surface area contributed by atoms with Crippen LogP contribution in [0.1, 0.15) is 18.2 Å². The number of fused-ring (bicyclic) bond motifs is 3. The van der Waals surface area contributed by atoms with Crippen molar-refractivity contribution in [1.29, 1.82) is 0 Å². The highest BCUT2D eigenvalue weighted by atomic mass is 35.5. The number of rotatable bonds is 2. The monoisotopic (exact) mass is 311 g/mol. The standard InChI is InChI=1S/C14H15Cl2N3O/c1-2-17-10-6-8(15)13(16)14-12(10)7-5-11(20)18-4-3-9(7)19-14/h6,17,19H,2-5H2,1H3,(H,18,20). The molecule has 0 aliphatic carbocycles. The number of amides is 1. The van der Waals surface area contributed by atoms with Crippen LogP contribution in [0.2, 0.25) is 10.0 Å². The zero-order valence-electron chi connectivity index (χ0n) is 11.1. The number of H-pyrrole nitrogens is 1. The fraction of sp³-hybridized carbons (Fsp3) is 0.357. The summed E-state index contributed by atoms with van der Waals surface area (Å²) < 4.78 is 0. The molecule has 0 bridgehead atoms. The molecule has 20 heavy (non-hydrogen) atoms. The van der Waals surface area contributed by atoms with Crippen LogP contribution in [0, 0.1) is 0 Å². The largest absolute Gasteiger partial charge is 0.385 e. The third kappa shape index (κ3) is 2.13. The van der Waals surface area contributed by atoms with Gasteiger partial charge in [-0.05, 0) is 18.6 Å². The van der Waals surface area contributed by atoms with E-state index < -0.39 is 0 Å². The second kappa shape index (κ2) is 5.19. The molecule has 1 aliphatic rings. The summed E-state index contributed by atoms with van der Waals surface area (Å²) in [6, 6.07) is 1.83. The number of halogens is 2. The molecule has 1 aliphatic heterocycles. The maximum atomic E-state index is 11.8. The van der Waals surface area contributed by atoms with Gasteiger partial charge in [0.15, 0.2) is 0 Å². The molecule has 0 spiro atoms. The molecule has 1 amide bonds. The lowest BCUT2D eigenvalue weighted by Gasteiger charge is -2.09. The maximum absolute atomic E-state index is 11.8. The molecule has 3 N–H and O–H groups in total. The van der Waals surface area contributed by atoms with Crippen LogP contribution in [0.3, 0.4) is 0 Å². The van der Waals surface area contributed by atoms with Crippen LogP contribution in [0.4, 0.5) is 5.69 Å². The molecule has 0 saturated carbocycles. The van der Waals surface area contributed by atoms with E-state index in [1.54, 1.807) is 0 Å². The SMILES string of the molecule is CCNc1cc(Cl)c(Cl)c2[nH]c3c(c12)CC(=O)NCC3. The van der Waals surface area contributed by atoms with Crippen molar-refractivity contribution in [3.63, 3.8) is 0 Å². The summed E-state index contributed by atoms with van der Waals surface area (Å²) in [6.45, 7) is 3.44. The Labute approximate surface area is 126 Å². The molecule has 2 heterocycles. The molecule has 1 aromatic carbocycles. The van der Waals surface area contributed by atoms with Crippen molar-refractivity contribution in [2.75, 3.05) is 18.4 Å². The molecular weight excluding hydrogens is 297 g/mol. The fourth-order valence-corrected chi connectivity index (χ4v) is 3.12. The molecule has 0 atom stereocenters. The van der Waals surface area contributed by atoms with Gasteiger partial charge in [-0.1, -0.05) is 23.2 Å². The Morgan fingerprint density at radius 3 is 2.95 bits per heavy atom. The highest BCUT2D eigenvalue weighted by molar-refractivity contribution is 6.45. The minimum absolute atomic E-state index is 0.0400. The summed E-state index contributed by atoms with van der Waals surface area (Å²) in [5.41, 5.74) is 3.81. The van der Waals surface area contributed by atoms with Gasteiger partial charge in [-0.3, -0.25) is 4.79 Å². The average Bonchev–Trinajstić information content (AvgIpc) is 2.65. The summed E-state index contributed by atoms with van der Waals surface area (Å²) in [7, 11) is 0. The first-order chi connectivity index (χ1) is 9.61. The normalized spacial score (nSPS) is 14.8. The van der Waals surface area contributed by atoms with Gasteiger partial charge in [-0.2, -0.15) is 0 Å². The quantitative estimate of drug-likeness (QED) is 0.798. The Morgan fingerprint density at radius 1 is 1.40 bits per heavy atom. The van der Waals surface area contributed by atoms with Gasteiger partial charge in [0.1, 0.15) is 0 Å².